The number of piperidine rings is 1. The third-order valence-corrected chi connectivity index (χ3v) is 3.63. The van der Waals surface area contributed by atoms with Crippen LogP contribution in [0.15, 0.2) is 18.2 Å². The number of nitrogens with one attached hydrogen (secondary N) is 1. The van der Waals surface area contributed by atoms with Gasteiger partial charge in [-0.1, -0.05) is 6.07 Å². The van der Waals surface area contributed by atoms with E-state index in [0.29, 0.717) is 13.1 Å². The molecule has 1 fully saturated rings. The Hall–Kier alpha value is -1.95. The summed E-state index contributed by atoms with van der Waals surface area (Å²) in [6.07, 6.45) is 1.59. The molecular weight excluding hydrogens is 275 g/mol. The van der Waals surface area contributed by atoms with Crippen LogP contribution in [0, 0.1) is 18.7 Å². The number of carbonyl (C=O) groups excluding carboxylic acids is 2. The number of benzene rings is 1. The highest BCUT2D eigenvalue weighted by Gasteiger charge is 2.27. The Morgan fingerprint density at radius 3 is 2.90 bits per heavy atom. The van der Waals surface area contributed by atoms with E-state index in [2.05, 4.69) is 5.32 Å². The Balaban J connectivity index is 2.00. The minimum atomic E-state index is -0.851. The molecule has 0 spiro atoms. The first-order chi connectivity index (χ1) is 10.0. The Bertz CT molecular complexity index is 548. The summed E-state index contributed by atoms with van der Waals surface area (Å²) in [5.41, 5.74) is 0.730. The standard InChI is InChI=1S/C15H19FN2O3/c1-10-4-5-13(12(16)7-10)17-14(20)15(21)18-6-2-3-11(8-18)9-19/h4-5,7,11,19H,2-3,6,8-9H2,1H3,(H,17,20). The first-order valence-corrected chi connectivity index (χ1v) is 6.98. The monoisotopic (exact) mass is 294 g/mol. The molecule has 1 aromatic carbocycles. The molecule has 2 amide bonds. The van der Waals surface area contributed by atoms with E-state index in [1.54, 1.807) is 13.0 Å². The van der Waals surface area contributed by atoms with E-state index in [1.165, 1.54) is 17.0 Å². The topological polar surface area (TPSA) is 69.6 Å². The smallest absolute Gasteiger partial charge is 0.313 e. The zero-order valence-corrected chi connectivity index (χ0v) is 11.9. The average molecular weight is 294 g/mol. The van der Waals surface area contributed by atoms with Gasteiger partial charge in [0.2, 0.25) is 0 Å². The predicted octanol–water partition coefficient (Wildman–Crippen LogP) is 1.30. The summed E-state index contributed by atoms with van der Waals surface area (Å²) in [7, 11) is 0. The maximum absolute atomic E-state index is 13.7. The quantitative estimate of drug-likeness (QED) is 0.808. The molecule has 0 radical (unpaired) electrons. The van der Waals surface area contributed by atoms with Gasteiger partial charge in [-0.25, -0.2) is 4.39 Å². The number of hydrogen-bond acceptors (Lipinski definition) is 3. The van der Waals surface area contributed by atoms with Crippen LogP contribution in [-0.2, 0) is 9.59 Å². The van der Waals surface area contributed by atoms with Gasteiger partial charge in [-0.3, -0.25) is 9.59 Å². The molecule has 21 heavy (non-hydrogen) atoms. The van der Waals surface area contributed by atoms with Gasteiger partial charge in [-0.05, 0) is 43.4 Å². The van der Waals surface area contributed by atoms with E-state index >= 15 is 0 Å². The fourth-order valence-corrected chi connectivity index (χ4v) is 2.44. The summed E-state index contributed by atoms with van der Waals surface area (Å²) in [4.78, 5) is 25.4. The fourth-order valence-electron chi connectivity index (χ4n) is 2.44. The summed E-state index contributed by atoms with van der Waals surface area (Å²) < 4.78 is 13.7. The zero-order valence-electron chi connectivity index (χ0n) is 11.9. The van der Waals surface area contributed by atoms with Gasteiger partial charge >= 0.3 is 11.8 Å². The van der Waals surface area contributed by atoms with Crippen LogP contribution in [0.3, 0.4) is 0 Å². The summed E-state index contributed by atoms with van der Waals surface area (Å²) >= 11 is 0. The third kappa shape index (κ3) is 3.78. The first-order valence-electron chi connectivity index (χ1n) is 6.98. The molecule has 1 aliphatic heterocycles. The van der Waals surface area contributed by atoms with E-state index in [9.17, 15) is 14.0 Å². The van der Waals surface area contributed by atoms with Crippen molar-refractivity contribution in [2.75, 3.05) is 25.0 Å². The van der Waals surface area contributed by atoms with Gasteiger partial charge in [0.15, 0.2) is 0 Å². The highest BCUT2D eigenvalue weighted by atomic mass is 19.1. The summed E-state index contributed by atoms with van der Waals surface area (Å²) in [6.45, 7) is 2.58. The number of carbonyl (C=O) groups is 2. The van der Waals surface area contributed by atoms with Crippen molar-refractivity contribution in [2.45, 2.75) is 19.8 Å². The van der Waals surface area contributed by atoms with Crippen molar-refractivity contribution in [3.05, 3.63) is 29.6 Å². The molecule has 5 nitrogen and oxygen atoms in total. The molecule has 1 unspecified atom stereocenters. The van der Waals surface area contributed by atoms with Crippen molar-refractivity contribution in [3.8, 4) is 0 Å². The van der Waals surface area contributed by atoms with Crippen molar-refractivity contribution in [3.63, 3.8) is 0 Å². The van der Waals surface area contributed by atoms with Gasteiger partial charge in [0.1, 0.15) is 5.82 Å². The molecule has 2 rings (SSSR count). The number of halogens is 1. The summed E-state index contributed by atoms with van der Waals surface area (Å²) in [5, 5.41) is 11.4. The lowest BCUT2D eigenvalue weighted by atomic mass is 9.99. The van der Waals surface area contributed by atoms with E-state index < -0.39 is 17.6 Å². The van der Waals surface area contributed by atoms with Crippen LogP contribution in [0.4, 0.5) is 10.1 Å². The number of rotatable bonds is 2. The number of aliphatic hydroxyl groups is 1. The molecule has 0 aromatic heterocycles. The number of nitrogens with zero attached hydrogens (tertiary/aromatic N) is 1. The van der Waals surface area contributed by atoms with Gasteiger partial charge < -0.3 is 15.3 Å². The maximum atomic E-state index is 13.7. The molecule has 1 heterocycles. The highest BCUT2D eigenvalue weighted by molar-refractivity contribution is 6.39. The zero-order chi connectivity index (χ0) is 15.4. The molecule has 1 aromatic rings. The van der Waals surface area contributed by atoms with Crippen LogP contribution in [-0.4, -0.2) is 41.5 Å². The Labute approximate surface area is 122 Å². The van der Waals surface area contributed by atoms with Crippen LogP contribution in [0.5, 0.6) is 0 Å². The van der Waals surface area contributed by atoms with E-state index in [0.717, 1.165) is 18.4 Å². The lowest BCUT2D eigenvalue weighted by Gasteiger charge is -2.31. The largest absolute Gasteiger partial charge is 0.396 e. The van der Waals surface area contributed by atoms with Gasteiger partial charge in [-0.2, -0.15) is 0 Å². The van der Waals surface area contributed by atoms with Gasteiger partial charge in [0.25, 0.3) is 0 Å². The van der Waals surface area contributed by atoms with Crippen molar-refractivity contribution >= 4 is 17.5 Å². The van der Waals surface area contributed by atoms with Crippen LogP contribution >= 0.6 is 0 Å². The number of hydrogen-bond donors (Lipinski definition) is 2. The summed E-state index contributed by atoms with van der Waals surface area (Å²) in [6, 6.07) is 4.39. The SMILES string of the molecule is Cc1ccc(NC(=O)C(=O)N2CCCC(CO)C2)c(F)c1. The van der Waals surface area contributed by atoms with Crippen molar-refractivity contribution < 1.29 is 19.1 Å². The Morgan fingerprint density at radius 1 is 1.48 bits per heavy atom. The van der Waals surface area contributed by atoms with E-state index in [-0.39, 0.29) is 18.2 Å². The van der Waals surface area contributed by atoms with Crippen molar-refractivity contribution in [1.82, 2.24) is 4.90 Å². The molecule has 2 N–H and O–H groups in total. The van der Waals surface area contributed by atoms with Crippen LogP contribution in [0.25, 0.3) is 0 Å². The molecule has 0 aliphatic carbocycles. The normalized spacial score (nSPS) is 18.4. The number of anilines is 1. The number of amides is 2. The number of aliphatic hydroxyl groups excluding tert-OH is 1. The fraction of sp³-hybridized carbons (Fsp3) is 0.467. The maximum Gasteiger partial charge on any atom is 0.313 e. The number of likely N-dealkylation sites (tertiary alicyclic amines) is 1. The average Bonchev–Trinajstić information content (AvgIpc) is 2.49. The minimum Gasteiger partial charge on any atom is -0.396 e. The molecule has 6 heteroatoms. The van der Waals surface area contributed by atoms with E-state index in [1.807, 2.05) is 0 Å². The molecule has 114 valence electrons. The van der Waals surface area contributed by atoms with Crippen LogP contribution in [0.1, 0.15) is 18.4 Å². The molecule has 0 saturated carbocycles. The Kier molecular flexibility index (Phi) is 4.90. The number of aryl methyl sites for hydroxylation is 1. The van der Waals surface area contributed by atoms with E-state index in [4.69, 9.17) is 5.11 Å². The van der Waals surface area contributed by atoms with Crippen LogP contribution in [0.2, 0.25) is 0 Å². The molecule has 1 atom stereocenters. The predicted molar refractivity (Wildman–Crippen MR) is 76.2 cm³/mol. The van der Waals surface area contributed by atoms with Crippen LogP contribution < -0.4 is 5.32 Å². The van der Waals surface area contributed by atoms with Crippen molar-refractivity contribution in [2.24, 2.45) is 5.92 Å². The lowest BCUT2D eigenvalue weighted by molar-refractivity contribution is -0.144. The lowest BCUT2D eigenvalue weighted by Crippen LogP contribution is -2.46. The second-order valence-corrected chi connectivity index (χ2v) is 5.38. The van der Waals surface area contributed by atoms with Gasteiger partial charge in [-0.15, -0.1) is 0 Å². The molecule has 1 saturated heterocycles. The molecule has 0 bridgehead atoms. The minimum absolute atomic E-state index is 0.00199. The second-order valence-electron chi connectivity index (χ2n) is 5.38. The second kappa shape index (κ2) is 6.67. The molecule has 1 aliphatic rings. The van der Waals surface area contributed by atoms with Gasteiger partial charge in [0.05, 0.1) is 5.69 Å². The summed E-state index contributed by atoms with van der Waals surface area (Å²) in [5.74, 6) is -2.10. The highest BCUT2D eigenvalue weighted by Crippen LogP contribution is 2.18. The van der Waals surface area contributed by atoms with Crippen molar-refractivity contribution in [1.29, 1.82) is 0 Å². The Morgan fingerprint density at radius 2 is 2.24 bits per heavy atom. The third-order valence-electron chi connectivity index (χ3n) is 3.63. The van der Waals surface area contributed by atoms with Gasteiger partial charge in [0, 0.05) is 19.7 Å². The molecular formula is C15H19FN2O3. The first kappa shape index (κ1) is 15.4.